The molecule has 25 heavy (non-hydrogen) atoms. The zero-order valence-electron chi connectivity index (χ0n) is 14.1. The fraction of sp³-hybridized carbons (Fsp3) is 0.400. The molecule has 7 nitrogen and oxygen atoms in total. The monoisotopic (exact) mass is 688 g/mol. The second kappa shape index (κ2) is 12.2. The van der Waals surface area contributed by atoms with Crippen LogP contribution in [0.4, 0.5) is 11.4 Å². The smallest absolute Gasteiger partial charge is 0.338 e. The predicted molar refractivity (Wildman–Crippen MR) is 122 cm³/mol. The third kappa shape index (κ3) is 7.90. The SMILES string of the molecule is CC(=O)Nc1c(I)c(NC(C)=O)c(I)c(C(=O)O)c1I.CCOCC. The molecular weight excluding hydrogens is 669 g/mol. The van der Waals surface area contributed by atoms with Gasteiger partial charge < -0.3 is 20.5 Å². The van der Waals surface area contributed by atoms with Gasteiger partial charge in [-0.1, -0.05) is 0 Å². The molecule has 0 aliphatic rings. The van der Waals surface area contributed by atoms with Gasteiger partial charge in [0, 0.05) is 27.1 Å². The van der Waals surface area contributed by atoms with Crippen molar-refractivity contribution in [1.82, 2.24) is 0 Å². The number of carbonyl (C=O) groups excluding carboxylic acids is 2. The predicted octanol–water partition coefficient (Wildman–Crippen LogP) is 4.16. The summed E-state index contributed by atoms with van der Waals surface area (Å²) in [5.41, 5.74) is 0.833. The molecule has 1 rings (SSSR count). The summed E-state index contributed by atoms with van der Waals surface area (Å²) in [6.45, 7) is 8.34. The summed E-state index contributed by atoms with van der Waals surface area (Å²) in [5.74, 6) is -1.74. The highest BCUT2D eigenvalue weighted by Crippen LogP contribution is 2.38. The number of rotatable bonds is 5. The van der Waals surface area contributed by atoms with Gasteiger partial charge in [-0.3, -0.25) is 9.59 Å². The molecule has 0 aliphatic carbocycles. The molecule has 0 saturated heterocycles. The van der Waals surface area contributed by atoms with E-state index in [1.165, 1.54) is 13.8 Å². The van der Waals surface area contributed by atoms with Crippen molar-refractivity contribution in [3.05, 3.63) is 16.3 Å². The molecule has 0 bridgehead atoms. The Kier molecular flexibility index (Phi) is 12.1. The van der Waals surface area contributed by atoms with Gasteiger partial charge in [-0.15, -0.1) is 0 Å². The summed E-state index contributed by atoms with van der Waals surface area (Å²) in [6, 6.07) is 0. The van der Waals surface area contributed by atoms with E-state index in [2.05, 4.69) is 10.6 Å². The zero-order valence-corrected chi connectivity index (χ0v) is 20.6. The summed E-state index contributed by atoms with van der Waals surface area (Å²) in [5, 5.41) is 14.5. The Bertz CT molecular complexity index is 620. The molecule has 0 saturated carbocycles. The number of carbonyl (C=O) groups is 3. The van der Waals surface area contributed by atoms with Gasteiger partial charge >= 0.3 is 5.97 Å². The first kappa shape index (κ1) is 24.8. The molecule has 0 aliphatic heterocycles. The summed E-state index contributed by atoms with van der Waals surface area (Å²) < 4.78 is 6.27. The lowest BCUT2D eigenvalue weighted by Crippen LogP contribution is -2.17. The van der Waals surface area contributed by atoms with Gasteiger partial charge in [-0.2, -0.15) is 0 Å². The number of amides is 2. The van der Waals surface area contributed by atoms with Crippen molar-refractivity contribution in [3.8, 4) is 0 Å². The quantitative estimate of drug-likeness (QED) is 0.404. The topological polar surface area (TPSA) is 105 Å². The number of aromatic carboxylic acids is 1. The molecule has 0 atom stereocenters. The maximum Gasteiger partial charge on any atom is 0.338 e. The van der Waals surface area contributed by atoms with Crippen molar-refractivity contribution >= 4 is 96.9 Å². The minimum Gasteiger partial charge on any atom is -0.478 e. The number of nitrogens with one attached hydrogen (secondary N) is 2. The maximum atomic E-state index is 11.4. The third-order valence-electron chi connectivity index (χ3n) is 2.54. The van der Waals surface area contributed by atoms with Gasteiger partial charge in [0.2, 0.25) is 11.8 Å². The van der Waals surface area contributed by atoms with E-state index in [-0.39, 0.29) is 17.4 Å². The highest BCUT2D eigenvalue weighted by Gasteiger charge is 2.25. The van der Waals surface area contributed by atoms with Crippen LogP contribution in [0.25, 0.3) is 0 Å². The standard InChI is InChI=1S/C11H9I3N2O4.C4H10O/c1-3(17)15-9-6(12)5(11(19)20)7(13)10(8(9)14)16-4(2)18;1-3-5-4-2/h1-2H3,(H,15,17)(H,16,18)(H,19,20);3-4H2,1-2H3. The Morgan fingerprint density at radius 1 is 0.880 bits per heavy atom. The molecule has 3 N–H and O–H groups in total. The molecule has 0 heterocycles. The van der Waals surface area contributed by atoms with E-state index in [4.69, 9.17) is 4.74 Å². The van der Waals surface area contributed by atoms with E-state index < -0.39 is 5.97 Å². The van der Waals surface area contributed by atoms with Crippen LogP contribution in [0.5, 0.6) is 0 Å². The van der Waals surface area contributed by atoms with Crippen LogP contribution in [0.1, 0.15) is 38.1 Å². The largest absolute Gasteiger partial charge is 0.478 e. The van der Waals surface area contributed by atoms with Crippen LogP contribution in [0.15, 0.2) is 0 Å². The van der Waals surface area contributed by atoms with Crippen molar-refractivity contribution in [2.75, 3.05) is 23.8 Å². The molecule has 0 aromatic heterocycles. The highest BCUT2D eigenvalue weighted by molar-refractivity contribution is 14.1. The van der Waals surface area contributed by atoms with E-state index in [0.29, 0.717) is 22.1 Å². The van der Waals surface area contributed by atoms with Gasteiger partial charge in [-0.25, -0.2) is 4.79 Å². The second-order valence-electron chi connectivity index (χ2n) is 4.52. The van der Waals surface area contributed by atoms with E-state index in [1.807, 2.05) is 81.6 Å². The summed E-state index contributed by atoms with van der Waals surface area (Å²) in [6.07, 6.45) is 0. The molecule has 0 spiro atoms. The Balaban J connectivity index is 0.00000101. The van der Waals surface area contributed by atoms with Crippen molar-refractivity contribution in [1.29, 1.82) is 0 Å². The molecule has 140 valence electrons. The lowest BCUT2D eigenvalue weighted by Gasteiger charge is -2.17. The normalized spacial score (nSPS) is 9.72. The number of ether oxygens (including phenoxy) is 1. The zero-order chi connectivity index (χ0) is 19.7. The number of carboxylic acids is 1. The summed E-state index contributed by atoms with van der Waals surface area (Å²) in [4.78, 5) is 33.9. The van der Waals surface area contributed by atoms with E-state index in [9.17, 15) is 19.5 Å². The molecule has 0 radical (unpaired) electrons. The van der Waals surface area contributed by atoms with E-state index in [0.717, 1.165) is 13.2 Å². The van der Waals surface area contributed by atoms with Gasteiger partial charge in [0.05, 0.1) is 27.6 Å². The first-order valence-electron chi connectivity index (χ1n) is 7.14. The maximum absolute atomic E-state index is 11.4. The van der Waals surface area contributed by atoms with Crippen molar-refractivity contribution in [2.45, 2.75) is 27.7 Å². The Morgan fingerprint density at radius 2 is 1.24 bits per heavy atom. The van der Waals surface area contributed by atoms with Crippen LogP contribution in [0, 0.1) is 10.7 Å². The van der Waals surface area contributed by atoms with Gasteiger partial charge in [-0.05, 0) is 81.6 Å². The van der Waals surface area contributed by atoms with Crippen LogP contribution in [-0.4, -0.2) is 36.1 Å². The van der Waals surface area contributed by atoms with Crippen LogP contribution in [0.3, 0.4) is 0 Å². The lowest BCUT2D eigenvalue weighted by atomic mass is 10.1. The average molecular weight is 688 g/mol. The van der Waals surface area contributed by atoms with Crippen molar-refractivity contribution in [2.24, 2.45) is 0 Å². The molecule has 1 aromatic carbocycles. The molecule has 0 fully saturated rings. The summed E-state index contributed by atoms with van der Waals surface area (Å²) >= 11 is 5.71. The molecule has 2 amide bonds. The Hall–Kier alpha value is -0.220. The minimum atomic E-state index is -1.12. The number of halogens is 3. The Morgan fingerprint density at radius 3 is 1.44 bits per heavy atom. The first-order valence-corrected chi connectivity index (χ1v) is 10.4. The van der Waals surface area contributed by atoms with Crippen molar-refractivity contribution in [3.63, 3.8) is 0 Å². The van der Waals surface area contributed by atoms with Crippen LogP contribution in [-0.2, 0) is 14.3 Å². The number of carboxylic acid groups (broad SMARTS) is 1. The number of hydrogen-bond donors (Lipinski definition) is 3. The third-order valence-corrected chi connectivity index (χ3v) is 5.78. The average Bonchev–Trinajstić information content (AvgIpc) is 2.49. The molecule has 10 heteroatoms. The van der Waals surface area contributed by atoms with Crippen LogP contribution >= 0.6 is 67.8 Å². The molecular formula is C15H19I3N2O5. The molecule has 0 unspecified atom stereocenters. The fourth-order valence-electron chi connectivity index (χ4n) is 1.63. The van der Waals surface area contributed by atoms with Gasteiger partial charge in [0.15, 0.2) is 0 Å². The number of hydrogen-bond acceptors (Lipinski definition) is 4. The van der Waals surface area contributed by atoms with Gasteiger partial charge in [0.25, 0.3) is 0 Å². The Labute approximate surface area is 187 Å². The van der Waals surface area contributed by atoms with E-state index >= 15 is 0 Å². The van der Waals surface area contributed by atoms with E-state index in [1.54, 1.807) is 0 Å². The number of benzene rings is 1. The van der Waals surface area contributed by atoms with Crippen LogP contribution < -0.4 is 10.6 Å². The minimum absolute atomic E-state index is 0.0547. The fourth-order valence-corrected chi connectivity index (χ4v) is 5.79. The second-order valence-corrected chi connectivity index (χ2v) is 7.75. The van der Waals surface area contributed by atoms with Crippen LogP contribution in [0.2, 0.25) is 0 Å². The first-order chi connectivity index (χ1) is 11.6. The van der Waals surface area contributed by atoms with Crippen molar-refractivity contribution < 1.29 is 24.2 Å². The van der Waals surface area contributed by atoms with Gasteiger partial charge in [0.1, 0.15) is 0 Å². The lowest BCUT2D eigenvalue weighted by molar-refractivity contribution is -0.115. The number of anilines is 2. The highest BCUT2D eigenvalue weighted by atomic mass is 127. The summed E-state index contributed by atoms with van der Waals surface area (Å²) in [7, 11) is 0. The molecule has 1 aromatic rings.